The standard InChI is InChI=1S/C7H8.C2H4O2.C2H6OS.K/c1-7-5-3-2-4-6-7;1-2(3)4;1-4(2)3;/h2-6H,1H3;1H3,(H,3,4);1-2H3;/q;;;+1/p-1. The summed E-state index contributed by atoms with van der Waals surface area (Å²) in [6.45, 7) is 3.06. The summed E-state index contributed by atoms with van der Waals surface area (Å²) in [5.74, 6) is -1.08. The van der Waals surface area contributed by atoms with E-state index in [2.05, 4.69) is 19.1 Å². The number of carbonyl (C=O) groups is 1. The Morgan fingerprint density at radius 3 is 1.56 bits per heavy atom. The molecule has 0 heterocycles. The van der Waals surface area contributed by atoms with Gasteiger partial charge in [0.05, 0.1) is 0 Å². The number of rotatable bonds is 0. The van der Waals surface area contributed by atoms with Crippen LogP contribution in [0.2, 0.25) is 0 Å². The SMILES string of the molecule is CC(=O)[O-].CS(C)=O.Cc1ccccc1.[K+]. The van der Waals surface area contributed by atoms with Gasteiger partial charge < -0.3 is 9.90 Å². The molecule has 0 aliphatic rings. The first-order valence-electron chi connectivity index (χ1n) is 4.30. The summed E-state index contributed by atoms with van der Waals surface area (Å²) < 4.78 is 9.56. The third-order valence-electron chi connectivity index (χ3n) is 0.940. The van der Waals surface area contributed by atoms with Crippen LogP contribution in [0.25, 0.3) is 0 Å². The minimum atomic E-state index is -1.08. The Labute approximate surface area is 143 Å². The Bertz CT molecular complexity index is 269. The number of carboxylic acids is 1. The van der Waals surface area contributed by atoms with Crippen molar-refractivity contribution in [2.45, 2.75) is 13.8 Å². The van der Waals surface area contributed by atoms with Gasteiger partial charge in [0, 0.05) is 29.3 Å². The van der Waals surface area contributed by atoms with Crippen molar-refractivity contribution < 1.29 is 65.5 Å². The zero-order valence-corrected chi connectivity index (χ0v) is 14.5. The van der Waals surface area contributed by atoms with Gasteiger partial charge in [0.15, 0.2) is 0 Å². The molecule has 0 bridgehead atoms. The van der Waals surface area contributed by atoms with Crippen LogP contribution in [-0.4, -0.2) is 22.7 Å². The molecule has 0 N–H and O–H groups in total. The number of carbonyl (C=O) groups excluding carboxylic acids is 1. The number of aryl methyl sites for hydroxylation is 1. The second-order valence-corrected chi connectivity index (χ2v) is 4.37. The molecule has 0 unspecified atom stereocenters. The predicted molar refractivity (Wildman–Crippen MR) is 61.9 cm³/mol. The maximum atomic E-state index is 9.56. The number of hydrogen-bond donors (Lipinski definition) is 0. The third-order valence-corrected chi connectivity index (χ3v) is 0.940. The predicted octanol–water partition coefficient (Wildman–Crippen LogP) is -2.25. The fourth-order valence-corrected chi connectivity index (χ4v) is 0.534. The molecule has 1 aromatic carbocycles. The van der Waals surface area contributed by atoms with E-state index < -0.39 is 16.8 Å². The van der Waals surface area contributed by atoms with Crippen molar-refractivity contribution in [3.05, 3.63) is 35.9 Å². The first-order valence-corrected chi connectivity index (χ1v) is 6.27. The topological polar surface area (TPSA) is 57.2 Å². The summed E-state index contributed by atoms with van der Waals surface area (Å²) >= 11 is 0. The molecule has 0 radical (unpaired) electrons. The van der Waals surface area contributed by atoms with Crippen LogP contribution < -0.4 is 56.5 Å². The molecule has 0 spiro atoms. The van der Waals surface area contributed by atoms with Crippen molar-refractivity contribution >= 4 is 16.8 Å². The van der Waals surface area contributed by atoms with Gasteiger partial charge in [-0.2, -0.15) is 0 Å². The van der Waals surface area contributed by atoms with Gasteiger partial charge in [-0.1, -0.05) is 35.9 Å². The van der Waals surface area contributed by atoms with Crippen LogP contribution in [0.15, 0.2) is 30.3 Å². The van der Waals surface area contributed by atoms with E-state index in [-0.39, 0.29) is 51.4 Å². The Morgan fingerprint density at radius 2 is 1.44 bits per heavy atom. The second kappa shape index (κ2) is 15.5. The van der Waals surface area contributed by atoms with Gasteiger partial charge in [0.25, 0.3) is 0 Å². The summed E-state index contributed by atoms with van der Waals surface area (Å²) in [5, 5.41) is 8.89. The molecule has 0 aliphatic carbocycles. The molecule has 0 saturated heterocycles. The van der Waals surface area contributed by atoms with Crippen LogP contribution >= 0.6 is 0 Å². The summed E-state index contributed by atoms with van der Waals surface area (Å²) in [5.41, 5.74) is 1.32. The Balaban J connectivity index is -0.000000166. The summed E-state index contributed by atoms with van der Waals surface area (Å²) in [6.07, 6.45) is 3.28. The first-order chi connectivity index (χ1) is 6.86. The van der Waals surface area contributed by atoms with Crippen molar-refractivity contribution in [2.75, 3.05) is 12.5 Å². The quantitative estimate of drug-likeness (QED) is 0.500. The fourth-order valence-electron chi connectivity index (χ4n) is 0.534. The van der Waals surface area contributed by atoms with Crippen LogP contribution in [0.1, 0.15) is 12.5 Å². The number of aliphatic carboxylic acids is 1. The Hall–Kier alpha value is 0.476. The van der Waals surface area contributed by atoms with Gasteiger partial charge in [0.2, 0.25) is 0 Å². The van der Waals surface area contributed by atoms with Crippen LogP contribution in [0.4, 0.5) is 0 Å². The maximum absolute atomic E-state index is 9.56. The van der Waals surface area contributed by atoms with Gasteiger partial charge in [-0.25, -0.2) is 0 Å². The van der Waals surface area contributed by atoms with Crippen LogP contribution in [0.5, 0.6) is 0 Å². The largest absolute Gasteiger partial charge is 1.00 e. The molecule has 0 fully saturated rings. The average Bonchev–Trinajstić information content (AvgIpc) is 2.03. The zero-order valence-electron chi connectivity index (χ0n) is 10.5. The van der Waals surface area contributed by atoms with E-state index in [1.807, 2.05) is 18.2 Å². The normalized spacial score (nSPS) is 7.56. The molecule has 5 heteroatoms. The molecule has 0 saturated carbocycles. The van der Waals surface area contributed by atoms with E-state index in [1.165, 1.54) is 5.56 Å². The number of carboxylic acid groups (broad SMARTS) is 1. The summed E-state index contributed by atoms with van der Waals surface area (Å²) in [7, 11) is -0.611. The number of benzene rings is 1. The molecule has 1 aromatic rings. The van der Waals surface area contributed by atoms with E-state index in [0.717, 1.165) is 6.92 Å². The van der Waals surface area contributed by atoms with Crippen LogP contribution in [0, 0.1) is 6.92 Å². The van der Waals surface area contributed by atoms with Crippen LogP contribution in [0.3, 0.4) is 0 Å². The van der Waals surface area contributed by atoms with Gasteiger partial charge in [-0.15, -0.1) is 0 Å². The van der Waals surface area contributed by atoms with Crippen molar-refractivity contribution in [3.63, 3.8) is 0 Å². The average molecular weight is 268 g/mol. The van der Waals surface area contributed by atoms with Gasteiger partial charge in [0.1, 0.15) is 0 Å². The molecule has 3 nitrogen and oxygen atoms in total. The zero-order chi connectivity index (χ0) is 12.3. The molecule has 86 valence electrons. The second-order valence-electron chi connectivity index (χ2n) is 2.89. The van der Waals surface area contributed by atoms with E-state index in [4.69, 9.17) is 9.90 Å². The Morgan fingerprint density at radius 1 is 1.19 bits per heavy atom. The van der Waals surface area contributed by atoms with Crippen molar-refractivity contribution in [3.8, 4) is 0 Å². The molecular weight excluding hydrogens is 251 g/mol. The first kappa shape index (κ1) is 21.7. The molecular formula is C11H17KO3S. The molecule has 0 aromatic heterocycles. The molecule has 0 atom stereocenters. The molecule has 1 rings (SSSR count). The smallest absolute Gasteiger partial charge is 0.550 e. The summed E-state index contributed by atoms with van der Waals surface area (Å²) in [4.78, 5) is 8.89. The minimum absolute atomic E-state index is 0. The van der Waals surface area contributed by atoms with Crippen LogP contribution in [-0.2, 0) is 15.6 Å². The summed E-state index contributed by atoms with van der Waals surface area (Å²) in [6, 6.07) is 10.3. The third kappa shape index (κ3) is 36.6. The minimum Gasteiger partial charge on any atom is -0.550 e. The molecule has 16 heavy (non-hydrogen) atoms. The molecule has 0 aliphatic heterocycles. The van der Waals surface area contributed by atoms with E-state index >= 15 is 0 Å². The monoisotopic (exact) mass is 268 g/mol. The van der Waals surface area contributed by atoms with Crippen molar-refractivity contribution in [2.24, 2.45) is 0 Å². The fraction of sp³-hybridized carbons (Fsp3) is 0.364. The maximum Gasteiger partial charge on any atom is 1.00 e. The van der Waals surface area contributed by atoms with Gasteiger partial charge in [-0.3, -0.25) is 4.21 Å². The van der Waals surface area contributed by atoms with Crippen molar-refractivity contribution in [1.82, 2.24) is 0 Å². The van der Waals surface area contributed by atoms with Gasteiger partial charge >= 0.3 is 51.4 Å². The Kier molecular flexibility index (Phi) is 21.0. The van der Waals surface area contributed by atoms with Crippen molar-refractivity contribution in [1.29, 1.82) is 0 Å². The number of hydrogen-bond acceptors (Lipinski definition) is 3. The van der Waals surface area contributed by atoms with E-state index in [1.54, 1.807) is 12.5 Å². The van der Waals surface area contributed by atoms with E-state index in [9.17, 15) is 4.21 Å². The van der Waals surface area contributed by atoms with E-state index in [0.29, 0.717) is 0 Å². The molecule has 0 amide bonds. The van der Waals surface area contributed by atoms with Gasteiger partial charge in [-0.05, 0) is 13.8 Å².